The number of hydrogen-bond donors (Lipinski definition) is 0. The van der Waals surface area contributed by atoms with Gasteiger partial charge in [-0.25, -0.2) is 0 Å². The van der Waals surface area contributed by atoms with Gasteiger partial charge in [-0.3, -0.25) is 0 Å². The summed E-state index contributed by atoms with van der Waals surface area (Å²) in [5.41, 5.74) is 30.8. The Hall–Kier alpha value is -8.98. The summed E-state index contributed by atoms with van der Waals surface area (Å²) in [5.74, 6) is 0. The van der Waals surface area contributed by atoms with Crippen molar-refractivity contribution in [2.45, 2.75) is 57.8 Å². The number of rotatable bonds is 5. The van der Waals surface area contributed by atoms with Gasteiger partial charge in [-0.15, -0.1) is 0 Å². The summed E-state index contributed by atoms with van der Waals surface area (Å²) in [5, 5.41) is 5.10. The van der Waals surface area contributed by atoms with Gasteiger partial charge in [0, 0.05) is 49.2 Å². The largest absolute Gasteiger partial charge is 0.309 e. The average molecular weight is 985 g/mol. The highest BCUT2D eigenvalue weighted by Gasteiger charge is 2.39. The van der Waals surface area contributed by atoms with Gasteiger partial charge in [-0.1, -0.05) is 187 Å². The number of benzene rings is 11. The van der Waals surface area contributed by atoms with E-state index in [-0.39, 0.29) is 16.2 Å². The van der Waals surface area contributed by atoms with Gasteiger partial charge in [0.2, 0.25) is 0 Å². The minimum Gasteiger partial charge on any atom is -0.309 e. The monoisotopic (exact) mass is 984 g/mol. The molecule has 0 radical (unpaired) electrons. The normalized spacial score (nSPS) is 14.9. The minimum atomic E-state index is -0.181. The van der Waals surface area contributed by atoms with Gasteiger partial charge in [0.15, 0.2) is 0 Å². The van der Waals surface area contributed by atoms with Crippen LogP contribution in [-0.4, -0.2) is 9.13 Å². The van der Waals surface area contributed by atoms with E-state index in [4.69, 9.17) is 0 Å². The van der Waals surface area contributed by atoms with E-state index in [2.05, 4.69) is 281 Å². The van der Waals surface area contributed by atoms with Gasteiger partial charge in [0.1, 0.15) is 0 Å². The molecule has 0 unspecified atom stereocenters. The van der Waals surface area contributed by atoms with Crippen LogP contribution < -0.4 is 0 Å². The van der Waals surface area contributed by atoms with Crippen LogP contribution in [0.3, 0.4) is 0 Å². The van der Waals surface area contributed by atoms with Crippen LogP contribution in [0.15, 0.2) is 231 Å². The van der Waals surface area contributed by atoms with Crippen molar-refractivity contribution in [1.82, 2.24) is 9.13 Å². The van der Waals surface area contributed by atoms with Gasteiger partial charge < -0.3 is 9.13 Å². The van der Waals surface area contributed by atoms with Crippen LogP contribution in [-0.2, 0) is 16.2 Å². The van der Waals surface area contributed by atoms with Crippen LogP contribution in [0.4, 0.5) is 0 Å². The maximum atomic E-state index is 2.48. The molecule has 16 rings (SSSR count). The van der Waals surface area contributed by atoms with Crippen LogP contribution in [0, 0.1) is 0 Å². The Balaban J connectivity index is 0.713. The summed E-state index contributed by atoms with van der Waals surface area (Å²) >= 11 is 0. The lowest BCUT2D eigenvalue weighted by Crippen LogP contribution is -2.15. The Morgan fingerprint density at radius 2 is 0.545 bits per heavy atom. The Morgan fingerprint density at radius 3 is 1.03 bits per heavy atom. The summed E-state index contributed by atoms with van der Waals surface area (Å²) in [6.45, 7) is 14.4. The quantitative estimate of drug-likeness (QED) is 0.163. The summed E-state index contributed by atoms with van der Waals surface area (Å²) in [6.07, 6.45) is 0. The Labute approximate surface area is 450 Å². The first kappa shape index (κ1) is 44.3. The highest BCUT2D eigenvalue weighted by molar-refractivity contribution is 6.12. The summed E-state index contributed by atoms with van der Waals surface area (Å²) in [6, 6.07) is 87.3. The SMILES string of the molecule is CC1(C)c2cc(-c3ccc4c(c3)C(C)(C)c3cc(-c5ccc6c(c5)c5ccccc5n6-c5ccc6c(c5)C(C)(C)c5ccccc5-6)ccc3-4)ccc2-c2ccc(-c3ccc4c(c3)c3ccccc3n4-c3ccccc3)cc21. The van der Waals surface area contributed by atoms with Gasteiger partial charge in [0.05, 0.1) is 22.1 Å². The molecule has 77 heavy (non-hydrogen) atoms. The van der Waals surface area contributed by atoms with E-state index in [9.17, 15) is 0 Å². The zero-order chi connectivity index (χ0) is 51.7. The number of fused-ring (bicyclic) bond motifs is 15. The number of para-hydroxylation sites is 3. The maximum absolute atomic E-state index is 2.48. The molecule has 0 N–H and O–H groups in total. The molecule has 2 heterocycles. The van der Waals surface area contributed by atoms with Gasteiger partial charge in [-0.05, 0) is 185 Å². The molecule has 0 atom stereocenters. The molecule has 0 saturated carbocycles. The molecule has 11 aromatic carbocycles. The third-order valence-corrected chi connectivity index (χ3v) is 18.5. The van der Waals surface area contributed by atoms with Crippen molar-refractivity contribution >= 4 is 43.6 Å². The lowest BCUT2D eigenvalue weighted by molar-refractivity contribution is 0.660. The Morgan fingerprint density at radius 1 is 0.221 bits per heavy atom. The number of nitrogens with zero attached hydrogens (tertiary/aromatic N) is 2. The second-order valence-corrected chi connectivity index (χ2v) is 23.7. The van der Waals surface area contributed by atoms with Crippen LogP contribution >= 0.6 is 0 Å². The molecule has 0 spiro atoms. The summed E-state index contributed by atoms with van der Waals surface area (Å²) in [4.78, 5) is 0. The zero-order valence-corrected chi connectivity index (χ0v) is 44.3. The second-order valence-electron chi connectivity index (χ2n) is 23.7. The van der Waals surface area contributed by atoms with Crippen LogP contribution in [0.25, 0.3) is 122 Å². The van der Waals surface area contributed by atoms with Crippen LogP contribution in [0.2, 0.25) is 0 Å². The van der Waals surface area contributed by atoms with E-state index in [0.29, 0.717) is 0 Å². The van der Waals surface area contributed by atoms with Crippen molar-refractivity contribution in [1.29, 1.82) is 0 Å². The van der Waals surface area contributed by atoms with Gasteiger partial charge in [0.25, 0.3) is 0 Å². The fourth-order valence-corrected chi connectivity index (χ4v) is 14.5. The van der Waals surface area contributed by atoms with Crippen molar-refractivity contribution in [2.24, 2.45) is 0 Å². The molecule has 3 aliphatic rings. The molecule has 3 aliphatic carbocycles. The van der Waals surface area contributed by atoms with Crippen molar-refractivity contribution in [3.8, 4) is 78.1 Å². The standard InChI is InChI=1S/C75H56N2/c1-73(2)63-21-13-10-18-53(63)58-35-30-52(44-68(58)73)77-70-23-15-12-20-60(70)62-39-46(29-37-72(62)77)48-25-32-55-57-34-27-50(43-67(57)75(5,6)65(55)41-48)49-26-33-56-54-31-24-47(40-64(54)74(3,4)66(56)42-49)45-28-36-71-61(38-45)59-19-11-14-22-69(59)76(71)51-16-8-7-9-17-51/h7-44H,1-6H3. The smallest absolute Gasteiger partial charge is 0.0541 e. The van der Waals surface area contributed by atoms with Gasteiger partial charge in [-0.2, -0.15) is 0 Å². The van der Waals surface area contributed by atoms with E-state index in [1.165, 1.54) is 155 Å². The molecule has 13 aromatic rings. The zero-order valence-electron chi connectivity index (χ0n) is 44.3. The third-order valence-electron chi connectivity index (χ3n) is 18.5. The molecule has 0 bridgehead atoms. The van der Waals surface area contributed by atoms with E-state index < -0.39 is 0 Å². The summed E-state index contributed by atoms with van der Waals surface area (Å²) < 4.78 is 4.86. The fourth-order valence-electron chi connectivity index (χ4n) is 14.5. The first-order valence-corrected chi connectivity index (χ1v) is 27.4. The van der Waals surface area contributed by atoms with Crippen LogP contribution in [0.1, 0.15) is 74.9 Å². The molecular weight excluding hydrogens is 929 g/mol. The molecular formula is C75H56N2. The van der Waals surface area contributed by atoms with Crippen molar-refractivity contribution in [3.63, 3.8) is 0 Å². The molecule has 0 fully saturated rings. The average Bonchev–Trinajstić information content (AvgIpc) is 4.35. The topological polar surface area (TPSA) is 9.86 Å². The van der Waals surface area contributed by atoms with Crippen molar-refractivity contribution < 1.29 is 0 Å². The molecule has 0 aliphatic heterocycles. The molecule has 0 saturated heterocycles. The lowest BCUT2D eigenvalue weighted by atomic mass is 9.79. The van der Waals surface area contributed by atoms with E-state index in [0.717, 1.165) is 0 Å². The van der Waals surface area contributed by atoms with Crippen molar-refractivity contribution in [2.75, 3.05) is 0 Å². The predicted molar refractivity (Wildman–Crippen MR) is 324 cm³/mol. The first-order chi connectivity index (χ1) is 37.4. The predicted octanol–water partition coefficient (Wildman–Crippen LogP) is 19.8. The van der Waals surface area contributed by atoms with Crippen molar-refractivity contribution in [3.05, 3.63) is 264 Å². The van der Waals surface area contributed by atoms with Crippen LogP contribution in [0.5, 0.6) is 0 Å². The third kappa shape index (κ3) is 6.13. The summed E-state index contributed by atoms with van der Waals surface area (Å²) in [7, 11) is 0. The van der Waals surface area contributed by atoms with E-state index in [1.807, 2.05) is 0 Å². The molecule has 2 nitrogen and oxygen atoms in total. The maximum Gasteiger partial charge on any atom is 0.0541 e. The highest BCUT2D eigenvalue weighted by Crippen LogP contribution is 2.54. The number of aromatic nitrogens is 2. The first-order valence-electron chi connectivity index (χ1n) is 27.4. The molecule has 0 amide bonds. The Kier molecular flexibility index (Phi) is 8.96. The van der Waals surface area contributed by atoms with Gasteiger partial charge >= 0.3 is 0 Å². The van der Waals surface area contributed by atoms with E-state index in [1.54, 1.807) is 0 Å². The lowest BCUT2D eigenvalue weighted by Gasteiger charge is -2.24. The fraction of sp³-hybridized carbons (Fsp3) is 0.120. The molecule has 366 valence electrons. The second kappa shape index (κ2) is 15.6. The number of hydrogen-bond acceptors (Lipinski definition) is 0. The molecule has 2 heteroatoms. The highest BCUT2D eigenvalue weighted by atomic mass is 15.0. The minimum absolute atomic E-state index is 0.0680. The Bertz CT molecular complexity index is 4700. The van der Waals surface area contributed by atoms with E-state index >= 15 is 0 Å². The molecule has 2 aromatic heterocycles.